The second kappa shape index (κ2) is 5.26. The molecule has 0 bridgehead atoms. The van der Waals surface area contributed by atoms with Crippen LogP contribution < -0.4 is 4.80 Å². The highest BCUT2D eigenvalue weighted by Crippen LogP contribution is 2.16. The summed E-state index contributed by atoms with van der Waals surface area (Å²) >= 11 is 1.46. The van der Waals surface area contributed by atoms with Gasteiger partial charge in [-0.05, 0) is 12.1 Å². The number of allylic oxidation sites excluding steroid dienone is 1. The van der Waals surface area contributed by atoms with E-state index < -0.39 is 5.91 Å². The fourth-order valence-electron chi connectivity index (χ4n) is 1.88. The van der Waals surface area contributed by atoms with E-state index in [9.17, 15) is 4.79 Å². The fraction of sp³-hybridized carbons (Fsp3) is 0.0714. The Hall–Kier alpha value is -2.47. The van der Waals surface area contributed by atoms with Gasteiger partial charge >= 0.3 is 5.91 Å². The number of hydrogen-bond donors (Lipinski definition) is 0. The average Bonchev–Trinajstić information content (AvgIpc) is 3.08. The molecule has 0 fully saturated rings. The third-order valence-corrected chi connectivity index (χ3v) is 3.81. The van der Waals surface area contributed by atoms with Crippen molar-refractivity contribution in [3.05, 3.63) is 59.7 Å². The number of fused-ring (bicyclic) bond motifs is 1. The largest absolute Gasteiger partial charge is 0.351 e. The van der Waals surface area contributed by atoms with Crippen LogP contribution in [0, 0.1) is 0 Å². The van der Waals surface area contributed by atoms with Crippen LogP contribution in [0.3, 0.4) is 0 Å². The zero-order valence-corrected chi connectivity index (χ0v) is 11.3. The predicted molar refractivity (Wildman–Crippen MR) is 76.4 cm³/mol. The monoisotopic (exact) mass is 285 g/mol. The summed E-state index contributed by atoms with van der Waals surface area (Å²) in [4.78, 5) is 16.7. The number of hydrogen-bond acceptors (Lipinski definition) is 4. The van der Waals surface area contributed by atoms with Crippen LogP contribution in [0.4, 0.5) is 0 Å². The maximum absolute atomic E-state index is 12.0. The molecule has 1 amide bonds. The highest BCUT2D eigenvalue weighted by Gasteiger charge is 2.10. The maximum atomic E-state index is 12.0. The van der Waals surface area contributed by atoms with Crippen LogP contribution in [-0.2, 0) is 6.54 Å². The van der Waals surface area contributed by atoms with Crippen LogP contribution in [-0.4, -0.2) is 15.6 Å². The smallest absolute Gasteiger partial charge is 0.318 e. The normalized spacial score (nSPS) is 11.9. The first-order chi connectivity index (χ1) is 9.79. The Morgan fingerprint density at radius 1 is 1.45 bits per heavy atom. The van der Waals surface area contributed by atoms with Crippen molar-refractivity contribution >= 4 is 27.5 Å². The molecule has 0 aliphatic rings. The van der Waals surface area contributed by atoms with E-state index in [1.54, 1.807) is 6.08 Å². The van der Waals surface area contributed by atoms with Crippen LogP contribution in [0.25, 0.3) is 10.2 Å². The molecular formula is C14H11N3O2S. The summed E-state index contributed by atoms with van der Waals surface area (Å²) in [6.07, 6.45) is 3.20. The summed E-state index contributed by atoms with van der Waals surface area (Å²) in [7, 11) is 0. The van der Waals surface area contributed by atoms with Crippen LogP contribution in [0.5, 0.6) is 0 Å². The van der Waals surface area contributed by atoms with Gasteiger partial charge < -0.3 is 9.09 Å². The molecule has 0 unspecified atom stereocenters. The molecule has 2 aromatic heterocycles. The summed E-state index contributed by atoms with van der Waals surface area (Å²) in [5.41, 5.74) is 1.03. The van der Waals surface area contributed by atoms with Crippen molar-refractivity contribution in [1.29, 1.82) is 0 Å². The molecule has 0 aliphatic carbocycles. The van der Waals surface area contributed by atoms with E-state index in [0.717, 1.165) is 10.2 Å². The number of benzene rings is 1. The quantitative estimate of drug-likeness (QED) is 0.695. The molecular weight excluding hydrogens is 274 g/mol. The lowest BCUT2D eigenvalue weighted by Crippen LogP contribution is -2.16. The average molecular weight is 285 g/mol. The summed E-state index contributed by atoms with van der Waals surface area (Å²) in [5.74, 6) is -0.306. The van der Waals surface area contributed by atoms with E-state index >= 15 is 0 Å². The molecule has 0 spiro atoms. The van der Waals surface area contributed by atoms with Crippen molar-refractivity contribution in [3.63, 3.8) is 0 Å². The van der Waals surface area contributed by atoms with Crippen LogP contribution in [0.2, 0.25) is 0 Å². The Balaban J connectivity index is 2.17. The molecule has 5 nitrogen and oxygen atoms in total. The number of thiazole rings is 1. The predicted octanol–water partition coefficient (Wildman–Crippen LogP) is 2.62. The number of carbonyl (C=O) groups is 1. The van der Waals surface area contributed by atoms with E-state index in [-0.39, 0.29) is 5.76 Å². The molecule has 0 saturated carbocycles. The SMILES string of the molecule is C=CCn1c(=NC(=O)c2ccno2)sc2ccccc21. The van der Waals surface area contributed by atoms with Gasteiger partial charge in [-0.25, -0.2) is 0 Å². The van der Waals surface area contributed by atoms with Gasteiger partial charge in [0.2, 0.25) is 5.76 Å². The number of aromatic nitrogens is 2. The third kappa shape index (κ3) is 2.21. The Kier molecular flexibility index (Phi) is 3.30. The van der Waals surface area contributed by atoms with Crippen molar-refractivity contribution in [1.82, 2.24) is 9.72 Å². The van der Waals surface area contributed by atoms with Crippen molar-refractivity contribution in [3.8, 4) is 0 Å². The van der Waals surface area contributed by atoms with Crippen molar-refractivity contribution in [2.45, 2.75) is 6.54 Å². The molecule has 0 aliphatic heterocycles. The van der Waals surface area contributed by atoms with Gasteiger partial charge in [-0.15, -0.1) is 6.58 Å². The van der Waals surface area contributed by atoms with Gasteiger partial charge in [0.25, 0.3) is 0 Å². The molecule has 0 radical (unpaired) electrons. The second-order valence-electron chi connectivity index (χ2n) is 4.05. The molecule has 2 heterocycles. The molecule has 20 heavy (non-hydrogen) atoms. The lowest BCUT2D eigenvalue weighted by atomic mass is 10.3. The highest BCUT2D eigenvalue weighted by molar-refractivity contribution is 7.16. The molecule has 100 valence electrons. The Bertz CT molecular complexity index is 828. The number of nitrogens with zero attached hydrogens (tertiary/aromatic N) is 3. The maximum Gasteiger partial charge on any atom is 0.318 e. The van der Waals surface area contributed by atoms with E-state index in [4.69, 9.17) is 4.52 Å². The van der Waals surface area contributed by atoms with Crippen molar-refractivity contribution in [2.75, 3.05) is 0 Å². The molecule has 3 aromatic rings. The third-order valence-electron chi connectivity index (χ3n) is 2.75. The summed E-state index contributed by atoms with van der Waals surface area (Å²) in [6, 6.07) is 9.40. The zero-order chi connectivity index (χ0) is 13.9. The number of rotatable bonds is 3. The first-order valence-corrected chi connectivity index (χ1v) is 6.80. The molecule has 0 atom stereocenters. The molecule has 6 heteroatoms. The van der Waals surface area contributed by atoms with Crippen LogP contribution in [0.1, 0.15) is 10.6 Å². The van der Waals surface area contributed by atoms with E-state index in [1.807, 2.05) is 28.8 Å². The van der Waals surface area contributed by atoms with Gasteiger partial charge in [-0.2, -0.15) is 4.99 Å². The van der Waals surface area contributed by atoms with Crippen molar-refractivity contribution < 1.29 is 9.32 Å². The van der Waals surface area contributed by atoms with E-state index in [1.165, 1.54) is 23.6 Å². The minimum Gasteiger partial charge on any atom is -0.351 e. The summed E-state index contributed by atoms with van der Waals surface area (Å²) in [6.45, 7) is 4.33. The van der Waals surface area contributed by atoms with Gasteiger partial charge in [0.15, 0.2) is 4.80 Å². The topological polar surface area (TPSA) is 60.4 Å². The minimum absolute atomic E-state index is 0.132. The Morgan fingerprint density at radius 2 is 2.30 bits per heavy atom. The van der Waals surface area contributed by atoms with E-state index in [2.05, 4.69) is 16.7 Å². The molecule has 3 rings (SSSR count). The number of amides is 1. The number of para-hydroxylation sites is 1. The fourth-order valence-corrected chi connectivity index (χ4v) is 2.92. The second-order valence-corrected chi connectivity index (χ2v) is 5.05. The summed E-state index contributed by atoms with van der Waals surface area (Å²) in [5, 5.41) is 3.51. The van der Waals surface area contributed by atoms with E-state index in [0.29, 0.717) is 11.3 Å². The lowest BCUT2D eigenvalue weighted by molar-refractivity contribution is 0.0962. The van der Waals surface area contributed by atoms with Crippen molar-refractivity contribution in [2.24, 2.45) is 4.99 Å². The van der Waals surface area contributed by atoms with Gasteiger partial charge in [0, 0.05) is 12.6 Å². The van der Waals surface area contributed by atoms with Gasteiger partial charge in [0.1, 0.15) is 0 Å². The van der Waals surface area contributed by atoms with Gasteiger partial charge in [0.05, 0.1) is 16.4 Å². The van der Waals surface area contributed by atoms with Crippen LogP contribution in [0.15, 0.2) is 58.7 Å². The van der Waals surface area contributed by atoms with Gasteiger partial charge in [-0.3, -0.25) is 4.79 Å². The minimum atomic E-state index is -0.438. The number of carbonyl (C=O) groups excluding carboxylic acids is 1. The van der Waals surface area contributed by atoms with Crippen LogP contribution >= 0.6 is 11.3 Å². The first kappa shape index (κ1) is 12.6. The Morgan fingerprint density at radius 3 is 3.05 bits per heavy atom. The molecule has 1 aromatic carbocycles. The molecule has 0 N–H and O–H groups in total. The van der Waals surface area contributed by atoms with Gasteiger partial charge in [-0.1, -0.05) is 34.7 Å². The molecule has 0 saturated heterocycles. The first-order valence-electron chi connectivity index (χ1n) is 5.98. The lowest BCUT2D eigenvalue weighted by Gasteiger charge is -1.99. The Labute approximate surface area is 118 Å². The standard InChI is InChI=1S/C14H11N3O2S/c1-2-9-17-10-5-3-4-6-12(10)20-14(17)16-13(18)11-7-8-15-19-11/h2-8H,1,9H2. The summed E-state index contributed by atoms with van der Waals surface area (Å²) < 4.78 is 7.84. The zero-order valence-electron chi connectivity index (χ0n) is 10.5. The highest BCUT2D eigenvalue weighted by atomic mass is 32.1.